The van der Waals surface area contributed by atoms with Gasteiger partial charge >= 0.3 is 0 Å². The predicted octanol–water partition coefficient (Wildman–Crippen LogP) is 3.86. The molecule has 2 N–H and O–H groups in total. The van der Waals surface area contributed by atoms with Crippen LogP contribution < -0.4 is 15.2 Å². The van der Waals surface area contributed by atoms with Gasteiger partial charge in [-0.2, -0.15) is 4.99 Å². The van der Waals surface area contributed by atoms with Crippen LogP contribution in [0, 0.1) is 0 Å². The molecule has 1 heterocycles. The van der Waals surface area contributed by atoms with Gasteiger partial charge in [-0.05, 0) is 41.6 Å². The number of amides is 1. The molecule has 0 unspecified atom stereocenters. The lowest BCUT2D eigenvalue weighted by Crippen LogP contribution is -2.01. The lowest BCUT2D eigenvalue weighted by Gasteiger charge is -2.14. The van der Waals surface area contributed by atoms with Crippen molar-refractivity contribution in [1.29, 1.82) is 0 Å². The fraction of sp³-hybridized carbons (Fsp3) is 0.111. The molecule has 3 rings (SSSR count). The molecule has 0 radical (unpaired) electrons. The Hall–Kier alpha value is -2.44. The summed E-state index contributed by atoms with van der Waals surface area (Å²) in [5.41, 5.74) is 7.23. The normalized spacial score (nSPS) is 15.4. The number of nitrogens with zero attached hydrogens (tertiary/aromatic N) is 1. The van der Waals surface area contributed by atoms with Crippen LogP contribution in [-0.2, 0) is 11.4 Å². The first-order chi connectivity index (χ1) is 12.1. The van der Waals surface area contributed by atoms with Gasteiger partial charge in [0, 0.05) is 10.6 Å². The van der Waals surface area contributed by atoms with E-state index in [9.17, 15) is 4.79 Å². The number of benzene rings is 2. The van der Waals surface area contributed by atoms with Crippen LogP contribution in [0.5, 0.6) is 11.5 Å². The smallest absolute Gasteiger partial charge is 0.286 e. The third-order valence-electron chi connectivity index (χ3n) is 3.43. The van der Waals surface area contributed by atoms with Gasteiger partial charge in [-0.3, -0.25) is 4.79 Å². The summed E-state index contributed by atoms with van der Waals surface area (Å²) >= 11 is 7.14. The molecule has 0 saturated heterocycles. The third-order valence-corrected chi connectivity index (χ3v) is 4.47. The van der Waals surface area contributed by atoms with Crippen LogP contribution in [0.2, 0.25) is 5.02 Å². The van der Waals surface area contributed by atoms with E-state index >= 15 is 0 Å². The average molecular weight is 375 g/mol. The summed E-state index contributed by atoms with van der Waals surface area (Å²) in [7, 11) is 1.56. The van der Waals surface area contributed by atoms with Crippen LogP contribution in [0.15, 0.2) is 52.4 Å². The van der Waals surface area contributed by atoms with Gasteiger partial charge in [-0.15, -0.1) is 0 Å². The molecule has 0 fully saturated rings. The Labute approximate surface area is 154 Å². The standard InChI is InChI=1S/C18H15ClN2O3S/c1-23-14-7-3-5-12(9-15-17(22)21-18(20)25-15)16(14)24-10-11-4-2-6-13(19)8-11/h2-9H,10H2,1H3,(H2,20,21,22)/b15-9-. The molecule has 0 bridgehead atoms. The van der Waals surface area contributed by atoms with Crippen LogP contribution in [-0.4, -0.2) is 18.2 Å². The maximum absolute atomic E-state index is 11.8. The number of carbonyl (C=O) groups excluding carboxylic acids is 1. The van der Waals surface area contributed by atoms with E-state index in [0.29, 0.717) is 33.6 Å². The van der Waals surface area contributed by atoms with Gasteiger partial charge < -0.3 is 15.2 Å². The molecule has 1 aliphatic heterocycles. The number of rotatable bonds is 5. The number of amidine groups is 1. The summed E-state index contributed by atoms with van der Waals surface area (Å²) in [5, 5.41) is 0.879. The van der Waals surface area contributed by atoms with Crippen molar-refractivity contribution in [3.05, 3.63) is 63.5 Å². The lowest BCUT2D eigenvalue weighted by atomic mass is 10.1. The average Bonchev–Trinajstić information content (AvgIpc) is 2.90. The summed E-state index contributed by atoms with van der Waals surface area (Å²) in [5.74, 6) is 0.753. The molecule has 0 saturated carbocycles. The van der Waals surface area contributed by atoms with Crippen molar-refractivity contribution in [3.8, 4) is 11.5 Å². The Kier molecular flexibility index (Phi) is 5.31. The Morgan fingerprint density at radius 3 is 2.76 bits per heavy atom. The number of halogens is 1. The lowest BCUT2D eigenvalue weighted by molar-refractivity contribution is -0.113. The first-order valence-electron chi connectivity index (χ1n) is 7.39. The molecular formula is C18H15ClN2O3S. The first-order valence-corrected chi connectivity index (χ1v) is 8.58. The van der Waals surface area contributed by atoms with Crippen molar-refractivity contribution in [2.75, 3.05) is 7.11 Å². The molecule has 2 aromatic carbocycles. The first kappa shape index (κ1) is 17.4. The highest BCUT2D eigenvalue weighted by Crippen LogP contribution is 2.36. The van der Waals surface area contributed by atoms with Crippen molar-refractivity contribution in [3.63, 3.8) is 0 Å². The summed E-state index contributed by atoms with van der Waals surface area (Å²) in [6.45, 7) is 0.316. The minimum Gasteiger partial charge on any atom is -0.493 e. The SMILES string of the molecule is COc1cccc(/C=C2\SC(N)=NC2=O)c1OCc1cccc(Cl)c1. The fourth-order valence-electron chi connectivity index (χ4n) is 2.31. The van der Waals surface area contributed by atoms with E-state index in [1.54, 1.807) is 25.3 Å². The highest BCUT2D eigenvalue weighted by molar-refractivity contribution is 8.18. The second-order valence-electron chi connectivity index (χ2n) is 5.16. The summed E-state index contributed by atoms with van der Waals surface area (Å²) in [4.78, 5) is 16.0. The van der Waals surface area contributed by atoms with Gasteiger partial charge in [0.1, 0.15) is 6.61 Å². The van der Waals surface area contributed by atoms with Crippen LogP contribution in [0.4, 0.5) is 0 Å². The number of hydrogen-bond donors (Lipinski definition) is 1. The molecule has 5 nitrogen and oxygen atoms in total. The number of carbonyl (C=O) groups is 1. The Morgan fingerprint density at radius 2 is 2.08 bits per heavy atom. The van der Waals surface area contributed by atoms with Crippen LogP contribution in [0.1, 0.15) is 11.1 Å². The molecule has 1 aliphatic rings. The fourth-order valence-corrected chi connectivity index (χ4v) is 3.20. The monoisotopic (exact) mass is 374 g/mol. The maximum Gasteiger partial charge on any atom is 0.286 e. The number of nitrogens with two attached hydrogens (primary N) is 1. The number of aliphatic imine (C=N–C) groups is 1. The predicted molar refractivity (Wildman–Crippen MR) is 101 cm³/mol. The van der Waals surface area contributed by atoms with Crippen molar-refractivity contribution >= 4 is 40.5 Å². The van der Waals surface area contributed by atoms with Gasteiger partial charge in [0.05, 0.1) is 12.0 Å². The van der Waals surface area contributed by atoms with Gasteiger partial charge in [0.15, 0.2) is 16.7 Å². The molecule has 2 aromatic rings. The molecule has 0 atom stereocenters. The molecular weight excluding hydrogens is 360 g/mol. The number of thioether (sulfide) groups is 1. The van der Waals surface area contributed by atoms with Crippen LogP contribution in [0.3, 0.4) is 0 Å². The minimum absolute atomic E-state index is 0.237. The summed E-state index contributed by atoms with van der Waals surface area (Å²) in [6.07, 6.45) is 1.70. The molecule has 128 valence electrons. The van der Waals surface area contributed by atoms with E-state index in [4.69, 9.17) is 26.8 Å². The second-order valence-corrected chi connectivity index (χ2v) is 6.66. The van der Waals surface area contributed by atoms with E-state index in [0.717, 1.165) is 17.3 Å². The molecule has 0 spiro atoms. The van der Waals surface area contributed by atoms with E-state index in [1.807, 2.05) is 30.3 Å². The third kappa shape index (κ3) is 4.15. The van der Waals surface area contributed by atoms with E-state index in [1.165, 1.54) is 0 Å². The highest BCUT2D eigenvalue weighted by atomic mass is 35.5. The zero-order valence-corrected chi connectivity index (χ0v) is 14.9. The van der Waals surface area contributed by atoms with Crippen molar-refractivity contribution in [1.82, 2.24) is 0 Å². The summed E-state index contributed by atoms with van der Waals surface area (Å²) in [6, 6.07) is 12.9. The number of methoxy groups -OCH3 is 1. The molecule has 0 aliphatic carbocycles. The maximum atomic E-state index is 11.8. The number of hydrogen-bond acceptors (Lipinski definition) is 5. The molecule has 7 heteroatoms. The Bertz CT molecular complexity index is 880. The van der Waals surface area contributed by atoms with Gasteiger partial charge in [0.25, 0.3) is 5.91 Å². The van der Waals surface area contributed by atoms with Crippen molar-refractivity contribution in [2.24, 2.45) is 10.7 Å². The van der Waals surface area contributed by atoms with E-state index < -0.39 is 0 Å². The minimum atomic E-state index is -0.355. The topological polar surface area (TPSA) is 73.9 Å². The Balaban J connectivity index is 1.89. The zero-order chi connectivity index (χ0) is 17.8. The van der Waals surface area contributed by atoms with Gasteiger partial charge in [-0.1, -0.05) is 35.9 Å². The van der Waals surface area contributed by atoms with E-state index in [2.05, 4.69) is 4.99 Å². The zero-order valence-electron chi connectivity index (χ0n) is 13.4. The van der Waals surface area contributed by atoms with Crippen LogP contribution in [0.25, 0.3) is 6.08 Å². The van der Waals surface area contributed by atoms with Crippen molar-refractivity contribution < 1.29 is 14.3 Å². The summed E-state index contributed by atoms with van der Waals surface area (Å²) < 4.78 is 11.3. The van der Waals surface area contributed by atoms with Gasteiger partial charge in [0.2, 0.25) is 0 Å². The largest absolute Gasteiger partial charge is 0.493 e. The highest BCUT2D eigenvalue weighted by Gasteiger charge is 2.21. The number of para-hydroxylation sites is 1. The molecule has 1 amide bonds. The van der Waals surface area contributed by atoms with Crippen molar-refractivity contribution in [2.45, 2.75) is 6.61 Å². The van der Waals surface area contributed by atoms with E-state index in [-0.39, 0.29) is 11.1 Å². The second kappa shape index (κ2) is 7.63. The molecule has 0 aromatic heterocycles. The molecule has 25 heavy (non-hydrogen) atoms. The van der Waals surface area contributed by atoms with Gasteiger partial charge in [-0.25, -0.2) is 0 Å². The quantitative estimate of drug-likeness (QED) is 0.804. The van der Waals surface area contributed by atoms with Crippen LogP contribution >= 0.6 is 23.4 Å². The Morgan fingerprint density at radius 1 is 1.28 bits per heavy atom. The number of ether oxygens (including phenoxy) is 2.